The van der Waals surface area contributed by atoms with Crippen LogP contribution in [0, 0.1) is 0 Å². The van der Waals surface area contributed by atoms with E-state index in [9.17, 15) is 19.3 Å². The maximum absolute atomic E-state index is 11.9. The lowest BCUT2D eigenvalue weighted by atomic mass is 10.2. The zero-order valence-corrected chi connectivity index (χ0v) is 13.3. The Morgan fingerprint density at radius 1 is 1.48 bits per heavy atom. The van der Waals surface area contributed by atoms with Crippen molar-refractivity contribution in [2.75, 3.05) is 6.61 Å². The molecule has 4 N–H and O–H groups in total. The van der Waals surface area contributed by atoms with Crippen molar-refractivity contribution in [2.45, 2.75) is 44.6 Å². The van der Waals surface area contributed by atoms with Gasteiger partial charge in [-0.15, -0.1) is 0 Å². The predicted octanol–water partition coefficient (Wildman–Crippen LogP) is -0.753. The van der Waals surface area contributed by atoms with Crippen LogP contribution in [0.5, 0.6) is 0 Å². The van der Waals surface area contributed by atoms with Crippen molar-refractivity contribution < 1.29 is 28.7 Å². The molecule has 3 atom stereocenters. The minimum Gasteiger partial charge on any atom is -0.390 e. The number of aliphatic hydroxyl groups excluding tert-OH is 1. The second-order valence-corrected chi connectivity index (χ2v) is 6.53. The standard InChI is InChI=1S/C12H19N2O8P/c1-2-3-7-5-14(12(17)13-11(7)16)10-4-8(15)9(22-10)6-21-23(18,19)20/h5,8-10,15H,2-4,6H2,1H3,(H,13,16,17)(H2,18,19,20)/t8?,9-,10-/m0/s1. The third-order valence-corrected chi connectivity index (χ3v) is 3.97. The molecule has 0 spiro atoms. The fraction of sp³-hybridized carbons (Fsp3) is 0.667. The van der Waals surface area contributed by atoms with E-state index in [2.05, 4.69) is 9.51 Å². The van der Waals surface area contributed by atoms with Crippen LogP contribution in [0.1, 0.15) is 31.6 Å². The molecule has 1 aliphatic rings. The summed E-state index contributed by atoms with van der Waals surface area (Å²) in [5, 5.41) is 9.89. The first-order chi connectivity index (χ1) is 10.7. The van der Waals surface area contributed by atoms with Gasteiger partial charge in [0, 0.05) is 18.2 Å². The predicted molar refractivity (Wildman–Crippen MR) is 77.8 cm³/mol. The first-order valence-corrected chi connectivity index (χ1v) is 8.62. The highest BCUT2D eigenvalue weighted by Gasteiger charge is 2.37. The molecule has 1 aromatic rings. The third-order valence-electron chi connectivity index (χ3n) is 3.48. The molecule has 0 amide bonds. The summed E-state index contributed by atoms with van der Waals surface area (Å²) in [6.45, 7) is 1.38. The molecule has 1 aliphatic heterocycles. The van der Waals surface area contributed by atoms with Gasteiger partial charge in [-0.05, 0) is 6.42 Å². The van der Waals surface area contributed by atoms with E-state index in [1.165, 1.54) is 6.20 Å². The fourth-order valence-electron chi connectivity index (χ4n) is 2.39. The smallest absolute Gasteiger partial charge is 0.390 e. The molecule has 1 saturated heterocycles. The van der Waals surface area contributed by atoms with Crippen molar-refractivity contribution in [3.8, 4) is 0 Å². The molecule has 2 heterocycles. The molecule has 23 heavy (non-hydrogen) atoms. The molecule has 0 aliphatic carbocycles. The molecule has 0 aromatic carbocycles. The minimum absolute atomic E-state index is 0.0344. The molecule has 130 valence electrons. The molecule has 0 saturated carbocycles. The van der Waals surface area contributed by atoms with Crippen LogP contribution < -0.4 is 11.2 Å². The van der Waals surface area contributed by atoms with Crippen molar-refractivity contribution in [3.63, 3.8) is 0 Å². The van der Waals surface area contributed by atoms with Crippen LogP contribution in [0.2, 0.25) is 0 Å². The molecular formula is C12H19N2O8P. The minimum atomic E-state index is -4.68. The molecule has 0 radical (unpaired) electrons. The second kappa shape index (κ2) is 7.08. The quantitative estimate of drug-likeness (QED) is 0.489. The van der Waals surface area contributed by atoms with Crippen LogP contribution in [-0.4, -0.2) is 43.3 Å². The summed E-state index contributed by atoms with van der Waals surface area (Å²) >= 11 is 0. The Bertz CT molecular complexity index is 708. The van der Waals surface area contributed by atoms with Gasteiger partial charge >= 0.3 is 13.5 Å². The second-order valence-electron chi connectivity index (χ2n) is 5.29. The number of rotatable bonds is 6. The van der Waals surface area contributed by atoms with E-state index in [0.29, 0.717) is 18.4 Å². The lowest BCUT2D eigenvalue weighted by molar-refractivity contribution is -0.0451. The summed E-state index contributed by atoms with van der Waals surface area (Å²) in [6, 6.07) is 0. The monoisotopic (exact) mass is 350 g/mol. The number of aromatic nitrogens is 2. The van der Waals surface area contributed by atoms with E-state index in [-0.39, 0.29) is 6.42 Å². The Labute approximate surface area is 130 Å². The Hall–Kier alpha value is -1.29. The number of hydrogen-bond acceptors (Lipinski definition) is 6. The highest BCUT2D eigenvalue weighted by atomic mass is 31.2. The molecule has 0 bridgehead atoms. The summed E-state index contributed by atoms with van der Waals surface area (Å²) in [5.74, 6) is 0. The number of aliphatic hydroxyl groups is 1. The number of H-pyrrole nitrogens is 1. The third kappa shape index (κ3) is 4.60. The van der Waals surface area contributed by atoms with Crippen LogP contribution in [0.3, 0.4) is 0 Å². The summed E-state index contributed by atoms with van der Waals surface area (Å²) in [6.07, 6.45) is -0.276. The van der Waals surface area contributed by atoms with Crippen LogP contribution in [0.15, 0.2) is 15.8 Å². The van der Waals surface area contributed by atoms with Gasteiger partial charge in [0.25, 0.3) is 5.56 Å². The van der Waals surface area contributed by atoms with Gasteiger partial charge in [-0.2, -0.15) is 0 Å². The number of phosphoric acid groups is 1. The van der Waals surface area contributed by atoms with Crippen molar-refractivity contribution in [2.24, 2.45) is 0 Å². The van der Waals surface area contributed by atoms with Crippen LogP contribution >= 0.6 is 7.82 Å². The van der Waals surface area contributed by atoms with E-state index in [4.69, 9.17) is 14.5 Å². The van der Waals surface area contributed by atoms with Crippen LogP contribution in [0.4, 0.5) is 0 Å². The van der Waals surface area contributed by atoms with Crippen molar-refractivity contribution in [3.05, 3.63) is 32.6 Å². The molecule has 11 heteroatoms. The average molecular weight is 350 g/mol. The van der Waals surface area contributed by atoms with E-state index >= 15 is 0 Å². The SMILES string of the molecule is CCCc1cn([C@@H]2CC(O)[C@H](COP(=O)(O)O)O2)c(=O)[nH]c1=O. The van der Waals surface area contributed by atoms with Crippen LogP contribution in [-0.2, 0) is 20.2 Å². The number of phosphoric ester groups is 1. The topological polar surface area (TPSA) is 151 Å². The average Bonchev–Trinajstić information content (AvgIpc) is 2.80. The maximum atomic E-state index is 11.9. The number of ether oxygens (including phenoxy) is 1. The van der Waals surface area contributed by atoms with Crippen molar-refractivity contribution >= 4 is 7.82 Å². The highest BCUT2D eigenvalue weighted by molar-refractivity contribution is 7.46. The Morgan fingerprint density at radius 2 is 2.17 bits per heavy atom. The molecule has 10 nitrogen and oxygen atoms in total. The summed E-state index contributed by atoms with van der Waals surface area (Å²) < 4.78 is 21.6. The lowest BCUT2D eigenvalue weighted by Gasteiger charge is -2.16. The number of nitrogens with one attached hydrogen (secondary N) is 1. The van der Waals surface area contributed by atoms with Gasteiger partial charge in [0.15, 0.2) is 0 Å². The van der Waals surface area contributed by atoms with Gasteiger partial charge < -0.3 is 19.6 Å². The van der Waals surface area contributed by atoms with Gasteiger partial charge in [-0.3, -0.25) is 18.9 Å². The van der Waals surface area contributed by atoms with Crippen molar-refractivity contribution in [1.82, 2.24) is 9.55 Å². The Balaban J connectivity index is 2.17. The first kappa shape index (κ1) is 18.1. The van der Waals surface area contributed by atoms with Crippen LogP contribution in [0.25, 0.3) is 0 Å². The van der Waals surface area contributed by atoms with Gasteiger partial charge in [0.2, 0.25) is 0 Å². The number of hydrogen-bond donors (Lipinski definition) is 4. The van der Waals surface area contributed by atoms with Gasteiger partial charge in [-0.25, -0.2) is 9.36 Å². The van der Waals surface area contributed by atoms with E-state index in [1.54, 1.807) is 0 Å². The Morgan fingerprint density at radius 3 is 2.78 bits per heavy atom. The normalized spacial score (nSPS) is 25.0. The Kier molecular flexibility index (Phi) is 5.56. The molecular weight excluding hydrogens is 331 g/mol. The zero-order chi connectivity index (χ0) is 17.2. The van der Waals surface area contributed by atoms with E-state index < -0.39 is 44.1 Å². The molecule has 1 fully saturated rings. The fourth-order valence-corrected chi connectivity index (χ4v) is 2.74. The zero-order valence-electron chi connectivity index (χ0n) is 12.4. The summed E-state index contributed by atoms with van der Waals surface area (Å²) in [4.78, 5) is 43.1. The van der Waals surface area contributed by atoms with Gasteiger partial charge in [0.1, 0.15) is 12.3 Å². The first-order valence-electron chi connectivity index (χ1n) is 7.09. The van der Waals surface area contributed by atoms with Gasteiger partial charge in [0.05, 0.1) is 12.7 Å². The van der Waals surface area contributed by atoms with Crippen molar-refractivity contribution in [1.29, 1.82) is 0 Å². The van der Waals surface area contributed by atoms with E-state index in [1.807, 2.05) is 6.92 Å². The van der Waals surface area contributed by atoms with E-state index in [0.717, 1.165) is 4.57 Å². The molecule has 1 aromatic heterocycles. The lowest BCUT2D eigenvalue weighted by Crippen LogP contribution is -2.34. The number of nitrogens with zero attached hydrogens (tertiary/aromatic N) is 1. The molecule has 1 unspecified atom stereocenters. The number of aromatic amines is 1. The molecule has 2 rings (SSSR count). The maximum Gasteiger partial charge on any atom is 0.469 e. The highest BCUT2D eigenvalue weighted by Crippen LogP contribution is 2.38. The van der Waals surface area contributed by atoms with Gasteiger partial charge in [-0.1, -0.05) is 13.3 Å². The largest absolute Gasteiger partial charge is 0.469 e. The number of aryl methyl sites for hydroxylation is 1. The summed E-state index contributed by atoms with van der Waals surface area (Å²) in [5.41, 5.74) is -0.725. The summed E-state index contributed by atoms with van der Waals surface area (Å²) in [7, 11) is -4.68.